The van der Waals surface area contributed by atoms with Gasteiger partial charge in [0.1, 0.15) is 0 Å². The quantitative estimate of drug-likeness (QED) is 0.710. The molecule has 0 aliphatic carbocycles. The van der Waals surface area contributed by atoms with Crippen LogP contribution in [0, 0.1) is 13.8 Å². The highest BCUT2D eigenvalue weighted by molar-refractivity contribution is 5.85. The van der Waals surface area contributed by atoms with Gasteiger partial charge in [0.25, 0.3) is 11.5 Å². The first-order valence-electron chi connectivity index (χ1n) is 7.63. The Bertz CT molecular complexity index is 881. The van der Waals surface area contributed by atoms with Gasteiger partial charge in [-0.1, -0.05) is 0 Å². The normalized spacial score (nSPS) is 18.3. The van der Waals surface area contributed by atoms with Gasteiger partial charge >= 0.3 is 0 Å². The Morgan fingerprint density at radius 3 is 2.62 bits per heavy atom. The molecule has 1 amide bonds. The highest BCUT2D eigenvalue weighted by Gasteiger charge is 2.42. The zero-order chi connectivity index (χ0) is 17.6. The Morgan fingerprint density at radius 1 is 1.38 bits per heavy atom. The molecule has 1 saturated heterocycles. The van der Waals surface area contributed by atoms with Crippen LogP contribution in [0.25, 0.3) is 11.0 Å². The molecule has 0 radical (unpaired) electrons. The van der Waals surface area contributed by atoms with Crippen LogP contribution in [0.1, 0.15) is 23.2 Å². The number of carbonyl (C=O) groups excluding carboxylic acids is 1. The van der Waals surface area contributed by atoms with Crippen LogP contribution >= 0.6 is 24.8 Å². The summed E-state index contributed by atoms with van der Waals surface area (Å²) in [4.78, 5) is 28.5. The van der Waals surface area contributed by atoms with Crippen molar-refractivity contribution >= 4 is 41.8 Å². The minimum Gasteiger partial charge on any atom is -0.351 e. The smallest absolute Gasteiger partial charge is 0.273 e. The van der Waals surface area contributed by atoms with Crippen LogP contribution in [0.3, 0.4) is 0 Å². The van der Waals surface area contributed by atoms with Crippen molar-refractivity contribution in [3.63, 3.8) is 0 Å². The Morgan fingerprint density at radius 2 is 2.04 bits per heavy atom. The fourth-order valence-corrected chi connectivity index (χ4v) is 3.11. The predicted molar refractivity (Wildman–Crippen MR) is 98.5 cm³/mol. The molecule has 0 saturated carbocycles. The second-order valence-corrected chi connectivity index (χ2v) is 6.21. The highest BCUT2D eigenvalue weighted by atomic mass is 35.5. The lowest BCUT2D eigenvalue weighted by molar-refractivity contribution is -0.123. The van der Waals surface area contributed by atoms with Crippen molar-refractivity contribution in [2.45, 2.75) is 38.8 Å². The van der Waals surface area contributed by atoms with Gasteiger partial charge in [-0.3, -0.25) is 24.7 Å². The maximum absolute atomic E-state index is 13.2. The molecule has 0 bridgehead atoms. The lowest BCUT2D eigenvalue weighted by Crippen LogP contribution is -2.40. The molecule has 1 aliphatic heterocycles. The average Bonchev–Trinajstić information content (AvgIpc) is 2.98. The van der Waals surface area contributed by atoms with E-state index >= 15 is 0 Å². The number of rotatable bonds is 3. The first kappa shape index (κ1) is 22.3. The van der Waals surface area contributed by atoms with Gasteiger partial charge in [-0.25, -0.2) is 13.8 Å². The molecular formula is C15H21Cl2F2N5O2. The fraction of sp³-hybridized carbons (Fsp3) is 0.533. The maximum Gasteiger partial charge on any atom is 0.273 e. The number of pyridine rings is 1. The van der Waals surface area contributed by atoms with Crippen LogP contribution < -0.4 is 16.2 Å². The number of amides is 1. The number of halogens is 4. The van der Waals surface area contributed by atoms with Gasteiger partial charge < -0.3 is 5.32 Å². The largest absolute Gasteiger partial charge is 0.351 e. The van der Waals surface area contributed by atoms with E-state index in [4.69, 9.17) is 0 Å². The van der Waals surface area contributed by atoms with Crippen LogP contribution in [0.5, 0.6) is 0 Å². The number of alkyl halides is 2. The number of H-pyrrole nitrogens is 1. The number of hydrogen-bond acceptors (Lipinski definition) is 4. The summed E-state index contributed by atoms with van der Waals surface area (Å²) in [6.07, 6.45) is -0.508. The van der Waals surface area contributed by atoms with Crippen LogP contribution in [-0.4, -0.2) is 39.2 Å². The Kier molecular flexibility index (Phi) is 6.78. The van der Waals surface area contributed by atoms with Crippen LogP contribution in [0.15, 0.2) is 4.79 Å². The van der Waals surface area contributed by atoms with Crippen LogP contribution in [0.2, 0.25) is 0 Å². The number of nitrogens with one attached hydrogen (secondary N) is 3. The Labute approximate surface area is 160 Å². The van der Waals surface area contributed by atoms with E-state index in [0.29, 0.717) is 16.7 Å². The third-order valence-electron chi connectivity index (χ3n) is 4.44. The molecule has 7 nitrogen and oxygen atoms in total. The molecule has 11 heteroatoms. The number of aryl methyl sites for hydroxylation is 3. The molecule has 1 aliphatic rings. The number of fused-ring (bicyclic) bond motifs is 1. The third-order valence-corrected chi connectivity index (χ3v) is 4.44. The highest BCUT2D eigenvalue weighted by Crippen LogP contribution is 2.25. The maximum atomic E-state index is 13.2. The van der Waals surface area contributed by atoms with Crippen molar-refractivity contribution in [3.05, 3.63) is 27.2 Å². The van der Waals surface area contributed by atoms with Gasteiger partial charge in [0, 0.05) is 25.7 Å². The van der Waals surface area contributed by atoms with Crippen LogP contribution in [0.4, 0.5) is 8.78 Å². The van der Waals surface area contributed by atoms with E-state index < -0.39 is 30.8 Å². The molecule has 1 atom stereocenters. The number of aromatic nitrogens is 3. The average molecular weight is 412 g/mol. The molecule has 146 valence electrons. The van der Waals surface area contributed by atoms with E-state index in [-0.39, 0.29) is 36.9 Å². The first-order chi connectivity index (χ1) is 11.2. The molecule has 0 aromatic carbocycles. The molecule has 1 unspecified atom stereocenters. The number of aromatic amines is 1. The van der Waals surface area contributed by atoms with E-state index in [1.807, 2.05) is 0 Å². The molecular weight excluding hydrogens is 391 g/mol. The first-order valence-corrected chi connectivity index (χ1v) is 7.63. The summed E-state index contributed by atoms with van der Waals surface area (Å²) < 4.78 is 27.9. The van der Waals surface area contributed by atoms with Crippen LogP contribution in [-0.2, 0) is 18.4 Å². The monoisotopic (exact) mass is 411 g/mol. The summed E-state index contributed by atoms with van der Waals surface area (Å²) >= 11 is 0. The molecule has 2 aromatic heterocycles. The van der Waals surface area contributed by atoms with Gasteiger partial charge in [-0.15, -0.1) is 24.8 Å². The molecule has 26 heavy (non-hydrogen) atoms. The van der Waals surface area contributed by atoms with E-state index in [2.05, 4.69) is 20.7 Å². The van der Waals surface area contributed by atoms with Gasteiger partial charge in [0.05, 0.1) is 18.0 Å². The van der Waals surface area contributed by atoms with Gasteiger partial charge in [-0.05, 0) is 25.0 Å². The summed E-state index contributed by atoms with van der Waals surface area (Å²) in [7, 11) is 1.70. The second kappa shape index (κ2) is 7.89. The summed E-state index contributed by atoms with van der Waals surface area (Å²) in [6.45, 7) is 3.22. The number of nitrogens with zero attached hydrogens (tertiary/aromatic N) is 2. The SMILES string of the molecule is Cc1nc2c(c(C)c1CNC(=O)C1CC(F)(F)CN1)c(=O)[nH]n2C.Cl.Cl. The van der Waals surface area contributed by atoms with Crippen molar-refractivity contribution < 1.29 is 13.6 Å². The lowest BCUT2D eigenvalue weighted by atomic mass is 10.0. The minimum absolute atomic E-state index is 0. The summed E-state index contributed by atoms with van der Waals surface area (Å²) in [5.41, 5.74) is 2.42. The van der Waals surface area contributed by atoms with Gasteiger partial charge in [0.2, 0.25) is 5.91 Å². The standard InChI is InChI=1S/C15H19F2N5O2.2ClH/c1-7-9(5-18-13(23)10-4-15(16,17)6-19-10)8(2)20-12-11(7)14(24)21-22(12)3;;/h10,19H,4-6H2,1-3H3,(H,18,23)(H,21,24);2*1H. The zero-order valence-electron chi connectivity index (χ0n) is 14.5. The summed E-state index contributed by atoms with van der Waals surface area (Å²) in [5.74, 6) is -3.33. The van der Waals surface area contributed by atoms with E-state index in [1.165, 1.54) is 0 Å². The number of carbonyl (C=O) groups is 1. The van der Waals surface area contributed by atoms with E-state index in [0.717, 1.165) is 11.1 Å². The molecule has 2 aromatic rings. The van der Waals surface area contributed by atoms with Gasteiger partial charge in [-0.2, -0.15) is 0 Å². The predicted octanol–water partition coefficient (Wildman–Crippen LogP) is 1.34. The molecule has 1 fully saturated rings. The van der Waals surface area contributed by atoms with E-state index in [1.54, 1.807) is 25.6 Å². The topological polar surface area (TPSA) is 91.8 Å². The molecule has 3 rings (SSSR count). The molecule has 3 N–H and O–H groups in total. The van der Waals surface area contributed by atoms with Crippen molar-refractivity contribution in [1.29, 1.82) is 0 Å². The lowest BCUT2D eigenvalue weighted by Gasteiger charge is -2.14. The summed E-state index contributed by atoms with van der Waals surface area (Å²) in [6, 6.07) is -0.905. The Balaban J connectivity index is 0.00000169. The zero-order valence-corrected chi connectivity index (χ0v) is 16.1. The minimum atomic E-state index is -2.86. The van der Waals surface area contributed by atoms with Gasteiger partial charge in [0.15, 0.2) is 5.65 Å². The second-order valence-electron chi connectivity index (χ2n) is 6.21. The Hall–Kier alpha value is -1.71. The summed E-state index contributed by atoms with van der Waals surface area (Å²) in [5, 5.41) is 8.29. The fourth-order valence-electron chi connectivity index (χ4n) is 3.11. The third kappa shape index (κ3) is 3.99. The number of hydrogen-bond donors (Lipinski definition) is 3. The van der Waals surface area contributed by atoms with Crippen molar-refractivity contribution in [2.24, 2.45) is 7.05 Å². The molecule has 0 spiro atoms. The molecule has 3 heterocycles. The van der Waals surface area contributed by atoms with Crippen molar-refractivity contribution in [2.75, 3.05) is 6.54 Å². The van der Waals surface area contributed by atoms with Crippen molar-refractivity contribution in [3.8, 4) is 0 Å². The van der Waals surface area contributed by atoms with Crippen molar-refractivity contribution in [1.82, 2.24) is 25.4 Å². The van der Waals surface area contributed by atoms with E-state index in [9.17, 15) is 18.4 Å².